The van der Waals surface area contributed by atoms with Gasteiger partial charge in [-0.1, -0.05) is 18.2 Å². The SMILES string of the molecule is [CH]C(=O)c1cccc(C(C)=O)c1. The number of hydrogen-bond acceptors (Lipinski definition) is 2. The zero-order chi connectivity index (χ0) is 9.14. The molecule has 60 valence electrons. The maximum absolute atomic E-state index is 10.9. The van der Waals surface area contributed by atoms with Crippen molar-refractivity contribution in [3.8, 4) is 0 Å². The van der Waals surface area contributed by atoms with E-state index in [2.05, 4.69) is 0 Å². The molecule has 0 aromatic heterocycles. The molecule has 0 saturated carbocycles. The summed E-state index contributed by atoms with van der Waals surface area (Å²) in [5, 5.41) is 0. The van der Waals surface area contributed by atoms with Crippen molar-refractivity contribution in [2.24, 2.45) is 0 Å². The van der Waals surface area contributed by atoms with Crippen LogP contribution in [0.25, 0.3) is 0 Å². The minimum atomic E-state index is -0.516. The van der Waals surface area contributed by atoms with Crippen molar-refractivity contribution in [3.05, 3.63) is 42.3 Å². The van der Waals surface area contributed by atoms with Crippen LogP contribution in [0.1, 0.15) is 27.6 Å². The van der Waals surface area contributed by atoms with Gasteiger partial charge in [0.15, 0.2) is 11.6 Å². The molecule has 1 aromatic carbocycles. The number of rotatable bonds is 2. The van der Waals surface area contributed by atoms with Crippen molar-refractivity contribution in [1.82, 2.24) is 0 Å². The number of hydrogen-bond donors (Lipinski definition) is 0. The smallest absolute Gasteiger partial charge is 0.167 e. The summed E-state index contributed by atoms with van der Waals surface area (Å²) in [7, 11) is 0. The first-order valence-corrected chi connectivity index (χ1v) is 3.52. The fourth-order valence-electron chi connectivity index (χ4n) is 0.891. The van der Waals surface area contributed by atoms with Crippen LogP contribution in [-0.4, -0.2) is 11.6 Å². The molecule has 0 aliphatic heterocycles. The summed E-state index contributed by atoms with van der Waals surface area (Å²) in [6.45, 7) is 6.48. The van der Waals surface area contributed by atoms with Crippen LogP contribution in [0.4, 0.5) is 0 Å². The van der Waals surface area contributed by atoms with E-state index in [4.69, 9.17) is 6.92 Å². The fraction of sp³-hybridized carbons (Fsp3) is 0.100. The molecule has 0 spiro atoms. The van der Waals surface area contributed by atoms with Gasteiger partial charge in [0.05, 0.1) is 0 Å². The molecule has 12 heavy (non-hydrogen) atoms. The summed E-state index contributed by atoms with van der Waals surface area (Å²) in [6, 6.07) is 6.35. The van der Waals surface area contributed by atoms with Gasteiger partial charge in [-0.25, -0.2) is 0 Å². The van der Waals surface area contributed by atoms with Crippen molar-refractivity contribution in [3.63, 3.8) is 0 Å². The minimum Gasteiger partial charge on any atom is -0.295 e. The third-order valence-electron chi connectivity index (χ3n) is 1.55. The van der Waals surface area contributed by atoms with Crippen LogP contribution in [0.5, 0.6) is 0 Å². The second kappa shape index (κ2) is 3.30. The second-order valence-corrected chi connectivity index (χ2v) is 2.50. The van der Waals surface area contributed by atoms with Gasteiger partial charge in [0.25, 0.3) is 0 Å². The van der Waals surface area contributed by atoms with Gasteiger partial charge in [-0.05, 0) is 13.0 Å². The number of benzene rings is 1. The van der Waals surface area contributed by atoms with E-state index in [1.807, 2.05) is 0 Å². The molecular weight excluding hydrogens is 152 g/mol. The lowest BCUT2D eigenvalue weighted by Gasteiger charge is -1.97. The standard InChI is InChI=1S/C10H8O2/c1-7(11)9-4-3-5-10(6-9)8(2)12/h1,3-6H,2H3. The highest BCUT2D eigenvalue weighted by molar-refractivity contribution is 6.02. The van der Waals surface area contributed by atoms with Crippen molar-refractivity contribution in [2.45, 2.75) is 6.92 Å². The topological polar surface area (TPSA) is 34.1 Å². The van der Waals surface area contributed by atoms with E-state index in [-0.39, 0.29) is 5.78 Å². The second-order valence-electron chi connectivity index (χ2n) is 2.50. The Kier molecular flexibility index (Phi) is 2.38. The summed E-state index contributed by atoms with van der Waals surface area (Å²) in [6.07, 6.45) is 0. The van der Waals surface area contributed by atoms with E-state index in [9.17, 15) is 9.59 Å². The predicted molar refractivity (Wildman–Crippen MR) is 45.1 cm³/mol. The molecule has 1 rings (SSSR count). The predicted octanol–water partition coefficient (Wildman–Crippen LogP) is 1.78. The monoisotopic (exact) mass is 160 g/mol. The molecule has 0 aliphatic rings. The van der Waals surface area contributed by atoms with Gasteiger partial charge in [0, 0.05) is 18.1 Å². The van der Waals surface area contributed by atoms with Crippen molar-refractivity contribution < 1.29 is 9.59 Å². The Morgan fingerprint density at radius 1 is 1.25 bits per heavy atom. The lowest BCUT2D eigenvalue weighted by atomic mass is 10.1. The van der Waals surface area contributed by atoms with Crippen LogP contribution in [0.2, 0.25) is 0 Å². The number of carbonyl (C=O) groups is 2. The Hall–Kier alpha value is -1.44. The van der Waals surface area contributed by atoms with Gasteiger partial charge in [0.2, 0.25) is 0 Å². The fourth-order valence-corrected chi connectivity index (χ4v) is 0.891. The Labute approximate surface area is 71.2 Å². The average molecular weight is 160 g/mol. The molecule has 0 saturated heterocycles. The van der Waals surface area contributed by atoms with E-state index < -0.39 is 5.78 Å². The Bertz CT molecular complexity index is 297. The molecule has 0 amide bonds. The Morgan fingerprint density at radius 3 is 2.33 bits per heavy atom. The maximum Gasteiger partial charge on any atom is 0.167 e. The van der Waals surface area contributed by atoms with Crippen molar-refractivity contribution >= 4 is 11.6 Å². The highest BCUT2D eigenvalue weighted by Gasteiger charge is 2.02. The summed E-state index contributed by atoms with van der Waals surface area (Å²) in [4.78, 5) is 21.6. The summed E-state index contributed by atoms with van der Waals surface area (Å²) >= 11 is 0. The van der Waals surface area contributed by atoms with E-state index >= 15 is 0 Å². The highest BCUT2D eigenvalue weighted by Crippen LogP contribution is 2.06. The molecule has 0 heterocycles. The van der Waals surface area contributed by atoms with E-state index in [1.165, 1.54) is 13.0 Å². The third-order valence-corrected chi connectivity index (χ3v) is 1.55. The van der Waals surface area contributed by atoms with Gasteiger partial charge in [-0.2, -0.15) is 0 Å². The van der Waals surface area contributed by atoms with Gasteiger partial charge < -0.3 is 0 Å². The summed E-state index contributed by atoms with van der Waals surface area (Å²) in [5.74, 6) is -0.587. The third kappa shape index (κ3) is 1.78. The quantitative estimate of drug-likeness (QED) is 0.618. The lowest BCUT2D eigenvalue weighted by molar-refractivity contribution is 0.101. The van der Waals surface area contributed by atoms with Gasteiger partial charge in [-0.3, -0.25) is 9.59 Å². The first-order chi connectivity index (χ1) is 5.61. The zero-order valence-electron chi connectivity index (χ0n) is 6.70. The van der Waals surface area contributed by atoms with E-state index in [1.54, 1.807) is 18.2 Å². The molecule has 0 unspecified atom stereocenters. The molecule has 0 fully saturated rings. The Morgan fingerprint density at radius 2 is 1.83 bits per heavy atom. The van der Waals surface area contributed by atoms with E-state index in [0.717, 1.165) is 0 Å². The van der Waals surface area contributed by atoms with Crippen LogP contribution < -0.4 is 0 Å². The Balaban J connectivity index is 3.12. The zero-order valence-corrected chi connectivity index (χ0v) is 6.70. The van der Waals surface area contributed by atoms with Crippen LogP contribution in [0.3, 0.4) is 0 Å². The molecule has 1 aromatic rings. The molecule has 0 N–H and O–H groups in total. The van der Waals surface area contributed by atoms with Crippen LogP contribution in [0.15, 0.2) is 24.3 Å². The molecule has 2 radical (unpaired) electrons. The molecule has 0 aliphatic carbocycles. The normalized spacial score (nSPS) is 9.50. The van der Waals surface area contributed by atoms with Crippen molar-refractivity contribution in [1.29, 1.82) is 0 Å². The number of Topliss-reactive ketones (excluding diaryl/α,β-unsaturated/α-hetero) is 2. The summed E-state index contributed by atoms with van der Waals surface area (Å²) in [5.41, 5.74) is 0.869. The average Bonchev–Trinajstić information content (AvgIpc) is 2.04. The molecule has 2 heteroatoms. The van der Waals surface area contributed by atoms with E-state index in [0.29, 0.717) is 11.1 Å². The van der Waals surface area contributed by atoms with Crippen LogP contribution in [0, 0.1) is 6.92 Å². The molecule has 2 nitrogen and oxygen atoms in total. The van der Waals surface area contributed by atoms with Gasteiger partial charge in [-0.15, -0.1) is 0 Å². The highest BCUT2D eigenvalue weighted by atomic mass is 16.1. The molecule has 0 bridgehead atoms. The number of ketones is 2. The van der Waals surface area contributed by atoms with Crippen LogP contribution in [-0.2, 0) is 0 Å². The van der Waals surface area contributed by atoms with Gasteiger partial charge in [0.1, 0.15) is 0 Å². The first-order valence-electron chi connectivity index (χ1n) is 3.52. The largest absolute Gasteiger partial charge is 0.295 e. The van der Waals surface area contributed by atoms with Crippen molar-refractivity contribution in [2.75, 3.05) is 0 Å². The lowest BCUT2D eigenvalue weighted by Crippen LogP contribution is -1.97. The summed E-state index contributed by atoms with van der Waals surface area (Å²) < 4.78 is 0. The maximum atomic E-state index is 10.9. The van der Waals surface area contributed by atoms with Crippen LogP contribution >= 0.6 is 0 Å². The van der Waals surface area contributed by atoms with Gasteiger partial charge >= 0.3 is 0 Å². The minimum absolute atomic E-state index is 0.0712. The first kappa shape index (κ1) is 8.65. The molecule has 0 atom stereocenters. The molecular formula is C10H8O2. The number of carbonyl (C=O) groups excluding carboxylic acids is 2.